The second-order valence-electron chi connectivity index (χ2n) is 9.25. The second-order valence-corrected chi connectivity index (χ2v) is 9.25. The van der Waals surface area contributed by atoms with Gasteiger partial charge in [0.05, 0.1) is 6.20 Å². The minimum absolute atomic E-state index is 0. The number of aryl methyl sites for hydroxylation is 1. The monoisotopic (exact) mass is 539 g/mol. The maximum absolute atomic E-state index is 5.87. The lowest BCUT2D eigenvalue weighted by atomic mass is 9.94. The highest BCUT2D eigenvalue weighted by molar-refractivity contribution is 14.0. The van der Waals surface area contributed by atoms with Crippen molar-refractivity contribution in [2.75, 3.05) is 19.6 Å². The lowest BCUT2D eigenvalue weighted by molar-refractivity contribution is 0.198. The third-order valence-corrected chi connectivity index (χ3v) is 5.43. The largest absolute Gasteiger partial charge is 0.443 e. The Balaban J connectivity index is 0.00000341. The van der Waals surface area contributed by atoms with E-state index in [1.54, 1.807) is 0 Å². The predicted molar refractivity (Wildman–Crippen MR) is 138 cm³/mol. The normalized spacial score (nSPS) is 16.1. The van der Waals surface area contributed by atoms with Crippen molar-refractivity contribution >= 4 is 29.9 Å². The summed E-state index contributed by atoms with van der Waals surface area (Å²) in [7, 11) is 0. The fraction of sp³-hybridized carbons (Fsp3) is 0.583. The first-order chi connectivity index (χ1) is 14.3. The molecule has 31 heavy (non-hydrogen) atoms. The van der Waals surface area contributed by atoms with Crippen molar-refractivity contribution in [2.45, 2.75) is 72.0 Å². The molecule has 3 rings (SSSR count). The van der Waals surface area contributed by atoms with Crippen molar-refractivity contribution in [1.29, 1.82) is 0 Å². The second kappa shape index (κ2) is 11.9. The molecule has 0 bridgehead atoms. The fourth-order valence-corrected chi connectivity index (χ4v) is 3.69. The van der Waals surface area contributed by atoms with Gasteiger partial charge in [0.25, 0.3) is 0 Å². The molecule has 0 radical (unpaired) electrons. The Bertz CT molecular complexity index is 834. The van der Waals surface area contributed by atoms with Crippen LogP contribution in [0.1, 0.15) is 63.3 Å². The lowest BCUT2D eigenvalue weighted by Crippen LogP contribution is -2.48. The minimum Gasteiger partial charge on any atom is -0.443 e. The number of guanidine groups is 1. The number of oxazole rings is 1. The molecule has 6 nitrogen and oxygen atoms in total. The molecule has 2 heterocycles. The number of nitrogens with one attached hydrogen (secondary N) is 2. The van der Waals surface area contributed by atoms with Crippen LogP contribution in [0.15, 0.2) is 39.9 Å². The van der Waals surface area contributed by atoms with Gasteiger partial charge in [0, 0.05) is 37.6 Å². The Morgan fingerprint density at radius 1 is 1.26 bits per heavy atom. The van der Waals surface area contributed by atoms with Gasteiger partial charge in [-0.1, -0.05) is 50.6 Å². The molecule has 2 aromatic rings. The van der Waals surface area contributed by atoms with Crippen LogP contribution < -0.4 is 10.6 Å². The summed E-state index contributed by atoms with van der Waals surface area (Å²) in [6.07, 6.45) is 4.04. The molecule has 1 aliphatic heterocycles. The van der Waals surface area contributed by atoms with E-state index in [1.807, 2.05) is 6.20 Å². The van der Waals surface area contributed by atoms with E-state index < -0.39 is 0 Å². The molecule has 7 heteroatoms. The smallest absolute Gasteiger partial charge is 0.216 e. The zero-order chi connectivity index (χ0) is 21.6. The third-order valence-electron chi connectivity index (χ3n) is 5.43. The van der Waals surface area contributed by atoms with Crippen molar-refractivity contribution < 1.29 is 4.42 Å². The first-order valence-corrected chi connectivity index (χ1v) is 11.1. The number of rotatable bonds is 6. The van der Waals surface area contributed by atoms with Crippen LogP contribution in [0.4, 0.5) is 0 Å². The van der Waals surface area contributed by atoms with Gasteiger partial charge in [0.1, 0.15) is 12.3 Å². The van der Waals surface area contributed by atoms with E-state index in [2.05, 4.69) is 79.4 Å². The highest BCUT2D eigenvalue weighted by atomic mass is 127. The lowest BCUT2D eigenvalue weighted by Gasteiger charge is -2.33. The molecule has 1 aromatic carbocycles. The molecule has 1 saturated heterocycles. The number of hydrogen-bond acceptors (Lipinski definition) is 4. The van der Waals surface area contributed by atoms with Crippen LogP contribution >= 0.6 is 24.0 Å². The number of piperidine rings is 1. The average molecular weight is 540 g/mol. The summed E-state index contributed by atoms with van der Waals surface area (Å²) in [4.78, 5) is 11.6. The van der Waals surface area contributed by atoms with Crippen LogP contribution in [0, 0.1) is 6.92 Å². The first-order valence-electron chi connectivity index (χ1n) is 11.1. The van der Waals surface area contributed by atoms with Crippen molar-refractivity contribution in [3.8, 4) is 0 Å². The first kappa shape index (κ1) is 25.6. The van der Waals surface area contributed by atoms with E-state index in [1.165, 1.54) is 11.1 Å². The molecule has 1 aromatic heterocycles. The summed E-state index contributed by atoms with van der Waals surface area (Å²) in [6.45, 7) is 15.1. The van der Waals surface area contributed by atoms with E-state index in [0.717, 1.165) is 50.7 Å². The zero-order valence-corrected chi connectivity index (χ0v) is 21.9. The molecule has 0 amide bonds. The van der Waals surface area contributed by atoms with Crippen LogP contribution in [0.2, 0.25) is 0 Å². The Morgan fingerprint density at radius 2 is 2.00 bits per heavy atom. The van der Waals surface area contributed by atoms with Gasteiger partial charge in [-0.2, -0.15) is 0 Å². The average Bonchev–Trinajstić information content (AvgIpc) is 3.17. The molecule has 0 saturated carbocycles. The third kappa shape index (κ3) is 8.11. The topological polar surface area (TPSA) is 65.7 Å². The van der Waals surface area contributed by atoms with Gasteiger partial charge in [-0.15, -0.1) is 24.0 Å². The number of halogens is 1. The van der Waals surface area contributed by atoms with Gasteiger partial charge in [-0.3, -0.25) is 4.90 Å². The van der Waals surface area contributed by atoms with Crippen molar-refractivity contribution in [3.63, 3.8) is 0 Å². The summed E-state index contributed by atoms with van der Waals surface area (Å²) >= 11 is 0. The standard InChI is InChI=1S/C24H37N5O.HI/c1-6-25-23(27-16-22-26-15-21(30-22)24(3,4)5)28-20-10-12-29(13-11-20)17-19-9-7-8-18(2)14-19;/h7-9,14-15,20H,6,10-13,16-17H2,1-5H3,(H2,25,27,28);1H. The van der Waals surface area contributed by atoms with E-state index in [0.29, 0.717) is 18.5 Å². The van der Waals surface area contributed by atoms with Crippen LogP contribution in [-0.4, -0.2) is 41.5 Å². The quantitative estimate of drug-likeness (QED) is 0.319. The van der Waals surface area contributed by atoms with E-state index in [-0.39, 0.29) is 29.4 Å². The summed E-state index contributed by atoms with van der Waals surface area (Å²) in [5, 5.41) is 6.95. The summed E-state index contributed by atoms with van der Waals surface area (Å²) in [6, 6.07) is 9.25. The molecule has 1 fully saturated rings. The van der Waals surface area contributed by atoms with Gasteiger partial charge >= 0.3 is 0 Å². The molecule has 2 N–H and O–H groups in total. The molecule has 0 aliphatic carbocycles. The van der Waals surface area contributed by atoms with Crippen LogP contribution in [0.25, 0.3) is 0 Å². The van der Waals surface area contributed by atoms with Gasteiger partial charge < -0.3 is 15.1 Å². The maximum Gasteiger partial charge on any atom is 0.216 e. The van der Waals surface area contributed by atoms with Gasteiger partial charge in [0.2, 0.25) is 5.89 Å². The van der Waals surface area contributed by atoms with Crippen molar-refractivity contribution in [3.05, 3.63) is 53.2 Å². The number of likely N-dealkylation sites (tertiary alicyclic amines) is 1. The molecule has 172 valence electrons. The number of aliphatic imine (C=N–C) groups is 1. The van der Waals surface area contributed by atoms with Gasteiger partial charge in [-0.25, -0.2) is 9.98 Å². The summed E-state index contributed by atoms with van der Waals surface area (Å²) < 4.78 is 5.87. The Hall–Kier alpha value is -1.61. The predicted octanol–water partition coefficient (Wildman–Crippen LogP) is 4.62. The number of nitrogens with zero attached hydrogens (tertiary/aromatic N) is 3. The van der Waals surface area contributed by atoms with E-state index in [9.17, 15) is 0 Å². The van der Waals surface area contributed by atoms with Gasteiger partial charge in [0.15, 0.2) is 5.96 Å². The van der Waals surface area contributed by atoms with Crippen molar-refractivity contribution in [1.82, 2.24) is 20.5 Å². The number of hydrogen-bond donors (Lipinski definition) is 2. The van der Waals surface area contributed by atoms with E-state index >= 15 is 0 Å². The minimum atomic E-state index is -0.0376. The fourth-order valence-electron chi connectivity index (χ4n) is 3.69. The molecule has 0 atom stereocenters. The molecular weight excluding hydrogens is 501 g/mol. The molecule has 1 aliphatic rings. The zero-order valence-electron chi connectivity index (χ0n) is 19.6. The Kier molecular flexibility index (Phi) is 9.81. The van der Waals surface area contributed by atoms with Crippen LogP contribution in [-0.2, 0) is 18.5 Å². The summed E-state index contributed by atoms with van der Waals surface area (Å²) in [5.41, 5.74) is 2.69. The molecule has 0 spiro atoms. The van der Waals surface area contributed by atoms with Gasteiger partial charge in [-0.05, 0) is 32.3 Å². The Morgan fingerprint density at radius 3 is 2.61 bits per heavy atom. The summed E-state index contributed by atoms with van der Waals surface area (Å²) in [5.74, 6) is 2.39. The number of aromatic nitrogens is 1. The maximum atomic E-state index is 5.87. The number of benzene rings is 1. The molecule has 0 unspecified atom stereocenters. The van der Waals surface area contributed by atoms with Crippen LogP contribution in [0.5, 0.6) is 0 Å². The van der Waals surface area contributed by atoms with E-state index in [4.69, 9.17) is 9.41 Å². The van der Waals surface area contributed by atoms with Crippen molar-refractivity contribution in [2.24, 2.45) is 4.99 Å². The highest BCUT2D eigenvalue weighted by Crippen LogP contribution is 2.22. The Labute approximate surface area is 204 Å². The highest BCUT2D eigenvalue weighted by Gasteiger charge is 2.21. The molecular formula is C24H38IN5O. The van der Waals surface area contributed by atoms with Crippen LogP contribution in [0.3, 0.4) is 0 Å². The SMILES string of the molecule is CCNC(=NCc1ncc(C(C)(C)C)o1)NC1CCN(Cc2cccc(C)c2)CC1.I.